The lowest BCUT2D eigenvalue weighted by Crippen LogP contribution is -2.29. The number of anilines is 1. The summed E-state index contributed by atoms with van der Waals surface area (Å²) in [4.78, 5) is 6.72. The Morgan fingerprint density at radius 3 is 2.81 bits per heavy atom. The molecule has 4 heteroatoms. The molecule has 1 N–H and O–H groups in total. The number of likely N-dealkylation sites (N-methyl/N-ethyl adjacent to an activating group) is 1. The number of hydrogen-bond donors (Lipinski definition) is 1. The summed E-state index contributed by atoms with van der Waals surface area (Å²) >= 11 is 1.71. The monoisotopic (exact) mass is 235 g/mol. The van der Waals surface area contributed by atoms with Gasteiger partial charge < -0.3 is 10.2 Å². The van der Waals surface area contributed by atoms with Gasteiger partial charge in [-0.1, -0.05) is 23.5 Å². The van der Waals surface area contributed by atoms with Crippen LogP contribution in [0.3, 0.4) is 0 Å². The first-order chi connectivity index (χ1) is 7.65. The van der Waals surface area contributed by atoms with Crippen molar-refractivity contribution in [1.82, 2.24) is 9.88 Å². The average molecular weight is 235 g/mol. The second kappa shape index (κ2) is 4.80. The molecule has 0 amide bonds. The standard InChI is InChI=1S/C12H17N3S/c1-9(8-15(2)3)13-12-14-10-6-4-5-7-11(10)16-12/h4-7,9H,8H2,1-3H3,(H,13,14). The molecule has 16 heavy (non-hydrogen) atoms. The number of thiazole rings is 1. The first-order valence-corrected chi connectivity index (χ1v) is 6.23. The summed E-state index contributed by atoms with van der Waals surface area (Å²) in [7, 11) is 4.16. The maximum Gasteiger partial charge on any atom is 0.184 e. The minimum absolute atomic E-state index is 0.413. The van der Waals surface area contributed by atoms with Crippen LogP contribution < -0.4 is 5.32 Å². The van der Waals surface area contributed by atoms with E-state index in [1.54, 1.807) is 11.3 Å². The molecule has 0 fully saturated rings. The fourth-order valence-corrected chi connectivity index (χ4v) is 2.72. The van der Waals surface area contributed by atoms with Crippen molar-refractivity contribution in [2.45, 2.75) is 13.0 Å². The predicted octanol–water partition coefficient (Wildman–Crippen LogP) is 2.66. The van der Waals surface area contributed by atoms with Gasteiger partial charge in [0.15, 0.2) is 5.13 Å². The van der Waals surface area contributed by atoms with Crippen molar-refractivity contribution >= 4 is 26.7 Å². The number of para-hydroxylation sites is 1. The van der Waals surface area contributed by atoms with Crippen molar-refractivity contribution in [3.05, 3.63) is 24.3 Å². The van der Waals surface area contributed by atoms with Crippen LogP contribution in [-0.2, 0) is 0 Å². The zero-order valence-corrected chi connectivity index (χ0v) is 10.7. The second-order valence-corrected chi connectivity index (χ2v) is 5.33. The third-order valence-electron chi connectivity index (χ3n) is 2.30. The Labute approximate surface area is 100 Å². The molecule has 1 unspecified atom stereocenters. The first-order valence-electron chi connectivity index (χ1n) is 5.42. The molecule has 1 aromatic carbocycles. The van der Waals surface area contributed by atoms with Gasteiger partial charge in [0, 0.05) is 12.6 Å². The van der Waals surface area contributed by atoms with Crippen LogP contribution in [-0.4, -0.2) is 36.6 Å². The number of rotatable bonds is 4. The van der Waals surface area contributed by atoms with E-state index < -0.39 is 0 Å². The molecule has 0 radical (unpaired) electrons. The van der Waals surface area contributed by atoms with Gasteiger partial charge in [-0.15, -0.1) is 0 Å². The Balaban J connectivity index is 2.09. The highest BCUT2D eigenvalue weighted by Crippen LogP contribution is 2.25. The lowest BCUT2D eigenvalue weighted by atomic mass is 10.3. The van der Waals surface area contributed by atoms with Crippen LogP contribution in [0.4, 0.5) is 5.13 Å². The minimum Gasteiger partial charge on any atom is -0.358 e. The molecule has 1 atom stereocenters. The summed E-state index contributed by atoms with van der Waals surface area (Å²) in [5.41, 5.74) is 1.08. The predicted molar refractivity (Wildman–Crippen MR) is 71.3 cm³/mol. The van der Waals surface area contributed by atoms with Gasteiger partial charge in [-0.3, -0.25) is 0 Å². The van der Waals surface area contributed by atoms with Crippen molar-refractivity contribution in [3.63, 3.8) is 0 Å². The molecule has 0 saturated carbocycles. The summed E-state index contributed by atoms with van der Waals surface area (Å²) in [5, 5.41) is 4.44. The van der Waals surface area contributed by atoms with Gasteiger partial charge >= 0.3 is 0 Å². The molecule has 86 valence electrons. The van der Waals surface area contributed by atoms with Crippen LogP contribution in [0.25, 0.3) is 10.2 Å². The molecule has 0 aliphatic rings. The van der Waals surface area contributed by atoms with Crippen LogP contribution in [0, 0.1) is 0 Å². The summed E-state index contributed by atoms with van der Waals surface area (Å²) in [5.74, 6) is 0. The van der Waals surface area contributed by atoms with Crippen LogP contribution in [0.15, 0.2) is 24.3 Å². The van der Waals surface area contributed by atoms with Gasteiger partial charge in [-0.05, 0) is 33.2 Å². The summed E-state index contributed by atoms with van der Waals surface area (Å²) in [6, 6.07) is 8.64. The van der Waals surface area contributed by atoms with Gasteiger partial charge in [0.25, 0.3) is 0 Å². The molecule has 0 aliphatic carbocycles. The number of nitrogens with one attached hydrogen (secondary N) is 1. The molecule has 3 nitrogen and oxygen atoms in total. The molecule has 0 spiro atoms. The molecule has 0 aliphatic heterocycles. The Morgan fingerprint density at radius 2 is 2.12 bits per heavy atom. The van der Waals surface area contributed by atoms with Crippen molar-refractivity contribution in [2.75, 3.05) is 26.0 Å². The highest BCUT2D eigenvalue weighted by molar-refractivity contribution is 7.22. The van der Waals surface area contributed by atoms with Crippen molar-refractivity contribution in [3.8, 4) is 0 Å². The quantitative estimate of drug-likeness (QED) is 0.883. The van der Waals surface area contributed by atoms with Crippen molar-refractivity contribution < 1.29 is 0 Å². The summed E-state index contributed by atoms with van der Waals surface area (Å²) in [6.45, 7) is 3.18. The van der Waals surface area contributed by atoms with Gasteiger partial charge in [0.2, 0.25) is 0 Å². The number of benzene rings is 1. The zero-order chi connectivity index (χ0) is 11.5. The fourth-order valence-electron chi connectivity index (χ4n) is 1.74. The maximum atomic E-state index is 4.55. The first kappa shape index (κ1) is 11.4. The maximum absolute atomic E-state index is 4.55. The number of nitrogens with zero attached hydrogens (tertiary/aromatic N) is 2. The van der Waals surface area contributed by atoms with Crippen molar-refractivity contribution in [1.29, 1.82) is 0 Å². The number of fused-ring (bicyclic) bond motifs is 1. The molecule has 0 saturated heterocycles. The Bertz CT molecular complexity index is 431. The third kappa shape index (κ3) is 2.71. The van der Waals surface area contributed by atoms with E-state index in [-0.39, 0.29) is 0 Å². The zero-order valence-electron chi connectivity index (χ0n) is 9.90. The third-order valence-corrected chi connectivity index (χ3v) is 3.27. The highest BCUT2D eigenvalue weighted by Gasteiger charge is 2.07. The van der Waals surface area contributed by atoms with E-state index in [1.807, 2.05) is 18.2 Å². The molecule has 2 aromatic rings. The average Bonchev–Trinajstić information content (AvgIpc) is 2.57. The number of aromatic nitrogens is 1. The molecule has 2 rings (SSSR count). The lowest BCUT2D eigenvalue weighted by molar-refractivity contribution is 0.392. The molecular formula is C12H17N3S. The van der Waals surface area contributed by atoms with Gasteiger partial charge in [0.1, 0.15) is 0 Å². The Kier molecular flexibility index (Phi) is 3.41. The van der Waals surface area contributed by atoms with E-state index in [2.05, 4.69) is 42.3 Å². The van der Waals surface area contributed by atoms with E-state index in [4.69, 9.17) is 0 Å². The van der Waals surface area contributed by atoms with E-state index in [1.165, 1.54) is 4.70 Å². The molecule has 0 bridgehead atoms. The van der Waals surface area contributed by atoms with Crippen LogP contribution >= 0.6 is 11.3 Å². The molecule has 1 aromatic heterocycles. The van der Waals surface area contributed by atoms with Gasteiger partial charge in [-0.2, -0.15) is 0 Å². The number of hydrogen-bond acceptors (Lipinski definition) is 4. The highest BCUT2D eigenvalue weighted by atomic mass is 32.1. The van der Waals surface area contributed by atoms with Gasteiger partial charge in [-0.25, -0.2) is 4.98 Å². The van der Waals surface area contributed by atoms with E-state index in [9.17, 15) is 0 Å². The largest absolute Gasteiger partial charge is 0.358 e. The van der Waals surface area contributed by atoms with Crippen molar-refractivity contribution in [2.24, 2.45) is 0 Å². The normalized spacial score (nSPS) is 13.2. The van der Waals surface area contributed by atoms with Gasteiger partial charge in [0.05, 0.1) is 10.2 Å². The van der Waals surface area contributed by atoms with E-state index in [0.29, 0.717) is 6.04 Å². The Hall–Kier alpha value is -1.13. The second-order valence-electron chi connectivity index (χ2n) is 4.29. The molecule has 1 heterocycles. The van der Waals surface area contributed by atoms with Crippen LogP contribution in [0.5, 0.6) is 0 Å². The molecular weight excluding hydrogens is 218 g/mol. The summed E-state index contributed by atoms with van der Waals surface area (Å²) < 4.78 is 1.24. The minimum atomic E-state index is 0.413. The topological polar surface area (TPSA) is 28.2 Å². The van der Waals surface area contributed by atoms with E-state index in [0.717, 1.165) is 17.2 Å². The fraction of sp³-hybridized carbons (Fsp3) is 0.417. The van der Waals surface area contributed by atoms with Crippen LogP contribution in [0.2, 0.25) is 0 Å². The SMILES string of the molecule is CC(CN(C)C)Nc1nc2ccccc2s1. The smallest absolute Gasteiger partial charge is 0.184 e. The summed E-state index contributed by atoms with van der Waals surface area (Å²) in [6.07, 6.45) is 0. The Morgan fingerprint density at radius 1 is 1.38 bits per heavy atom. The van der Waals surface area contributed by atoms with Crippen LogP contribution in [0.1, 0.15) is 6.92 Å². The van der Waals surface area contributed by atoms with E-state index >= 15 is 0 Å². The lowest BCUT2D eigenvalue weighted by Gasteiger charge is -2.17.